The standard InChI is InChI=1S/C13H15N5O3/c1-7-5-16-13(21-7)8(2)17-12(19)10-4-3-9(6-15-10)11(14)18-20/h3-6,8,20H,1-2H3,(H2,14,18)(H,17,19). The van der Waals surface area contributed by atoms with E-state index in [2.05, 4.69) is 20.4 Å². The predicted octanol–water partition coefficient (Wildman–Crippen LogP) is 0.964. The van der Waals surface area contributed by atoms with Crippen LogP contribution >= 0.6 is 0 Å². The lowest BCUT2D eigenvalue weighted by atomic mass is 10.2. The van der Waals surface area contributed by atoms with Crippen LogP contribution in [0.4, 0.5) is 0 Å². The highest BCUT2D eigenvalue weighted by molar-refractivity contribution is 5.98. The van der Waals surface area contributed by atoms with Gasteiger partial charge in [0, 0.05) is 11.8 Å². The van der Waals surface area contributed by atoms with Crippen molar-refractivity contribution in [3.8, 4) is 0 Å². The number of hydrogen-bond donors (Lipinski definition) is 3. The average Bonchev–Trinajstić information content (AvgIpc) is 2.93. The molecule has 0 fully saturated rings. The molecule has 0 aliphatic rings. The molecule has 0 aliphatic carbocycles. The molecule has 0 spiro atoms. The number of pyridine rings is 1. The Morgan fingerprint density at radius 1 is 1.43 bits per heavy atom. The molecular formula is C13H15N5O3. The minimum atomic E-state index is -0.378. The number of carbonyl (C=O) groups excluding carboxylic acids is 1. The van der Waals surface area contributed by atoms with Gasteiger partial charge < -0.3 is 20.7 Å². The van der Waals surface area contributed by atoms with Gasteiger partial charge in [0.2, 0.25) is 5.89 Å². The van der Waals surface area contributed by atoms with Crippen LogP contribution < -0.4 is 11.1 Å². The van der Waals surface area contributed by atoms with E-state index in [1.54, 1.807) is 20.0 Å². The Balaban J connectivity index is 2.06. The molecule has 2 heterocycles. The molecule has 8 heteroatoms. The summed E-state index contributed by atoms with van der Waals surface area (Å²) < 4.78 is 5.34. The fourth-order valence-corrected chi connectivity index (χ4v) is 1.64. The molecule has 1 unspecified atom stereocenters. The maximum atomic E-state index is 12.0. The van der Waals surface area contributed by atoms with E-state index >= 15 is 0 Å². The molecule has 0 radical (unpaired) electrons. The maximum absolute atomic E-state index is 12.0. The van der Waals surface area contributed by atoms with E-state index in [9.17, 15) is 4.79 Å². The molecule has 1 amide bonds. The second-order valence-electron chi connectivity index (χ2n) is 4.42. The fourth-order valence-electron chi connectivity index (χ4n) is 1.64. The smallest absolute Gasteiger partial charge is 0.270 e. The summed E-state index contributed by atoms with van der Waals surface area (Å²) in [7, 11) is 0. The lowest BCUT2D eigenvalue weighted by molar-refractivity contribution is 0.0929. The Hall–Kier alpha value is -2.90. The van der Waals surface area contributed by atoms with Crippen LogP contribution in [0.3, 0.4) is 0 Å². The van der Waals surface area contributed by atoms with Gasteiger partial charge in [0.15, 0.2) is 5.84 Å². The number of amidine groups is 1. The maximum Gasteiger partial charge on any atom is 0.270 e. The number of nitrogens with one attached hydrogen (secondary N) is 1. The number of aryl methyl sites for hydroxylation is 1. The summed E-state index contributed by atoms with van der Waals surface area (Å²) in [6.45, 7) is 3.53. The molecule has 21 heavy (non-hydrogen) atoms. The van der Waals surface area contributed by atoms with Crippen molar-refractivity contribution < 1.29 is 14.4 Å². The van der Waals surface area contributed by atoms with Crippen LogP contribution in [0.25, 0.3) is 0 Å². The van der Waals surface area contributed by atoms with Crippen molar-refractivity contribution in [1.29, 1.82) is 0 Å². The molecule has 0 saturated heterocycles. The van der Waals surface area contributed by atoms with Crippen LogP contribution in [0.5, 0.6) is 0 Å². The largest absolute Gasteiger partial charge is 0.444 e. The lowest BCUT2D eigenvalue weighted by Gasteiger charge is -2.10. The minimum Gasteiger partial charge on any atom is -0.444 e. The normalized spacial score (nSPS) is 13.0. The molecule has 110 valence electrons. The SMILES string of the molecule is Cc1cnc(C(C)NC(=O)c2ccc(/C(N)=N/O)cn2)o1. The summed E-state index contributed by atoms with van der Waals surface area (Å²) in [6, 6.07) is 2.64. The Morgan fingerprint density at radius 2 is 2.19 bits per heavy atom. The predicted molar refractivity (Wildman–Crippen MR) is 73.9 cm³/mol. The van der Waals surface area contributed by atoms with Gasteiger partial charge in [0.05, 0.1) is 6.20 Å². The van der Waals surface area contributed by atoms with Crippen LogP contribution in [0.15, 0.2) is 34.1 Å². The van der Waals surface area contributed by atoms with E-state index in [-0.39, 0.29) is 23.5 Å². The Bertz CT molecular complexity index is 663. The van der Waals surface area contributed by atoms with Crippen molar-refractivity contribution in [3.63, 3.8) is 0 Å². The molecule has 0 saturated carbocycles. The molecule has 8 nitrogen and oxygen atoms in total. The van der Waals surface area contributed by atoms with Crippen molar-refractivity contribution >= 4 is 11.7 Å². The van der Waals surface area contributed by atoms with Gasteiger partial charge >= 0.3 is 0 Å². The Kier molecular flexibility index (Phi) is 4.17. The monoisotopic (exact) mass is 289 g/mol. The number of oxazole rings is 1. The second-order valence-corrected chi connectivity index (χ2v) is 4.42. The summed E-state index contributed by atoms with van der Waals surface area (Å²) >= 11 is 0. The lowest BCUT2D eigenvalue weighted by Crippen LogP contribution is -2.27. The number of nitrogens with zero attached hydrogens (tertiary/aromatic N) is 3. The van der Waals surface area contributed by atoms with E-state index in [4.69, 9.17) is 15.4 Å². The number of carbonyl (C=O) groups is 1. The molecule has 4 N–H and O–H groups in total. The van der Waals surface area contributed by atoms with Crippen molar-refractivity contribution in [2.24, 2.45) is 10.9 Å². The summed E-state index contributed by atoms with van der Waals surface area (Å²) in [5, 5.41) is 14.1. The highest BCUT2D eigenvalue weighted by atomic mass is 16.4. The van der Waals surface area contributed by atoms with Crippen LogP contribution in [0, 0.1) is 6.92 Å². The Morgan fingerprint density at radius 3 is 2.71 bits per heavy atom. The Labute approximate surface area is 120 Å². The molecule has 2 aromatic heterocycles. The summed E-state index contributed by atoms with van der Waals surface area (Å²) in [5.74, 6) is 0.656. The van der Waals surface area contributed by atoms with E-state index in [1.165, 1.54) is 18.3 Å². The van der Waals surface area contributed by atoms with Crippen LogP contribution in [0.2, 0.25) is 0 Å². The van der Waals surface area contributed by atoms with Gasteiger partial charge in [-0.25, -0.2) is 4.98 Å². The number of amides is 1. The quantitative estimate of drug-likeness (QED) is 0.333. The van der Waals surface area contributed by atoms with Crippen LogP contribution in [-0.4, -0.2) is 26.9 Å². The fraction of sp³-hybridized carbons (Fsp3) is 0.231. The van der Waals surface area contributed by atoms with E-state index < -0.39 is 0 Å². The van der Waals surface area contributed by atoms with E-state index in [1.807, 2.05) is 0 Å². The zero-order chi connectivity index (χ0) is 15.4. The van der Waals surface area contributed by atoms with Crippen molar-refractivity contribution in [2.45, 2.75) is 19.9 Å². The molecule has 0 aliphatic heterocycles. The van der Waals surface area contributed by atoms with Gasteiger partial charge in [0.1, 0.15) is 17.5 Å². The average molecular weight is 289 g/mol. The molecular weight excluding hydrogens is 274 g/mol. The first-order valence-electron chi connectivity index (χ1n) is 6.18. The molecule has 0 bridgehead atoms. The number of oxime groups is 1. The zero-order valence-corrected chi connectivity index (χ0v) is 11.6. The van der Waals surface area contributed by atoms with E-state index in [0.717, 1.165) is 0 Å². The van der Waals surface area contributed by atoms with Gasteiger partial charge in [-0.1, -0.05) is 5.16 Å². The third kappa shape index (κ3) is 3.35. The van der Waals surface area contributed by atoms with Crippen LogP contribution in [0.1, 0.15) is 40.7 Å². The summed E-state index contributed by atoms with van der Waals surface area (Å²) in [5.41, 5.74) is 6.05. The van der Waals surface area contributed by atoms with Gasteiger partial charge in [-0.2, -0.15) is 0 Å². The highest BCUT2D eigenvalue weighted by Gasteiger charge is 2.16. The van der Waals surface area contributed by atoms with Crippen molar-refractivity contribution in [3.05, 3.63) is 47.4 Å². The van der Waals surface area contributed by atoms with Gasteiger partial charge in [0.25, 0.3) is 5.91 Å². The summed E-state index contributed by atoms with van der Waals surface area (Å²) in [6.07, 6.45) is 2.94. The van der Waals surface area contributed by atoms with Crippen molar-refractivity contribution in [1.82, 2.24) is 15.3 Å². The topological polar surface area (TPSA) is 127 Å². The minimum absolute atomic E-state index is 0.0712. The molecule has 2 aromatic rings. The second kappa shape index (κ2) is 6.04. The number of rotatable bonds is 4. The summed E-state index contributed by atoms with van der Waals surface area (Å²) in [4.78, 5) is 20.0. The molecule has 2 rings (SSSR count). The molecule has 1 atom stereocenters. The van der Waals surface area contributed by atoms with Crippen molar-refractivity contribution in [2.75, 3.05) is 0 Å². The first kappa shape index (κ1) is 14.5. The number of aromatic nitrogens is 2. The third-order valence-corrected chi connectivity index (χ3v) is 2.76. The zero-order valence-electron chi connectivity index (χ0n) is 11.6. The highest BCUT2D eigenvalue weighted by Crippen LogP contribution is 2.12. The third-order valence-electron chi connectivity index (χ3n) is 2.76. The van der Waals surface area contributed by atoms with Crippen LogP contribution in [-0.2, 0) is 0 Å². The molecule has 0 aromatic carbocycles. The van der Waals surface area contributed by atoms with Gasteiger partial charge in [-0.05, 0) is 26.0 Å². The first-order chi connectivity index (χ1) is 10.0. The number of nitrogens with two attached hydrogens (primary N) is 1. The number of hydrogen-bond acceptors (Lipinski definition) is 6. The first-order valence-corrected chi connectivity index (χ1v) is 6.18. The van der Waals surface area contributed by atoms with Gasteiger partial charge in [-0.15, -0.1) is 0 Å². The van der Waals surface area contributed by atoms with Gasteiger partial charge in [-0.3, -0.25) is 9.78 Å². The van der Waals surface area contributed by atoms with E-state index in [0.29, 0.717) is 17.2 Å².